The zero-order valence-electron chi connectivity index (χ0n) is 31.3. The summed E-state index contributed by atoms with van der Waals surface area (Å²) >= 11 is 1.63. The van der Waals surface area contributed by atoms with Crippen LogP contribution in [-0.2, 0) is 27.4 Å². The van der Waals surface area contributed by atoms with Crippen molar-refractivity contribution in [1.29, 1.82) is 0 Å². The number of amides is 2. The lowest BCUT2D eigenvalue weighted by atomic mass is 9.91. The molecule has 1 N–H and O–H groups in total. The van der Waals surface area contributed by atoms with Gasteiger partial charge < -0.3 is 23.9 Å². The second-order valence-corrected chi connectivity index (χ2v) is 16.1. The standard InChI is InChI=1S/C46H38N2O8S/c1-27-20-32(53-2)13-16-34(27)42-35-15-10-30(50)22-39(35)56-40-23-33(14-17-36(40)42)54-25-29-8-11-31(12-9-29)55-26-37-38(24-49)48-44(52)43(45(48)57-46(37)18-19-46)47-41(51)21-28-6-4-3-5-7-28/h3-17,20,22-24,43,45H,18-19,21,25-26H2,1-2H3,(H,47,51)/t43-,45?/m1/s1. The van der Waals surface area contributed by atoms with Crippen LogP contribution < -0.4 is 25.0 Å². The van der Waals surface area contributed by atoms with Crippen molar-refractivity contribution in [1.82, 2.24) is 10.2 Å². The van der Waals surface area contributed by atoms with Gasteiger partial charge in [0.15, 0.2) is 11.7 Å². The number of thioether (sulfide) groups is 1. The van der Waals surface area contributed by atoms with E-state index in [1.807, 2.05) is 104 Å². The molecular formula is C46H38N2O8S. The number of nitrogens with zero attached hydrogens (tertiary/aromatic N) is 1. The summed E-state index contributed by atoms with van der Waals surface area (Å²) in [4.78, 5) is 52.3. The van der Waals surface area contributed by atoms with Crippen LogP contribution in [0.5, 0.6) is 17.2 Å². The minimum Gasteiger partial charge on any atom is -0.497 e. The molecule has 1 saturated carbocycles. The lowest BCUT2D eigenvalue weighted by Gasteiger charge is -2.51. The quantitative estimate of drug-likeness (QED) is 0.0766. The highest BCUT2D eigenvalue weighted by atomic mass is 32.2. The molecule has 1 spiro atoms. The van der Waals surface area contributed by atoms with E-state index in [0.29, 0.717) is 28.5 Å². The van der Waals surface area contributed by atoms with Gasteiger partial charge in [-0.2, -0.15) is 0 Å². The van der Waals surface area contributed by atoms with Gasteiger partial charge in [-0.3, -0.25) is 24.1 Å². The Morgan fingerprint density at radius 3 is 2.33 bits per heavy atom. The Balaban J connectivity index is 0.872. The molecular weight excluding hydrogens is 741 g/mol. The zero-order valence-corrected chi connectivity index (χ0v) is 32.1. The van der Waals surface area contributed by atoms with E-state index < -0.39 is 6.04 Å². The van der Waals surface area contributed by atoms with Crippen LogP contribution in [0.1, 0.15) is 29.5 Å². The first kappa shape index (κ1) is 36.3. The predicted octanol–water partition coefficient (Wildman–Crippen LogP) is 7.47. The molecule has 3 heterocycles. The van der Waals surface area contributed by atoms with Gasteiger partial charge in [-0.15, -0.1) is 11.8 Å². The molecule has 2 fully saturated rings. The molecule has 9 rings (SSSR count). The number of hydrogen-bond acceptors (Lipinski definition) is 9. The van der Waals surface area contributed by atoms with Gasteiger partial charge in [-0.1, -0.05) is 48.5 Å². The van der Waals surface area contributed by atoms with Crippen molar-refractivity contribution in [3.63, 3.8) is 0 Å². The summed E-state index contributed by atoms with van der Waals surface area (Å²) in [7, 11) is 1.64. The maximum absolute atomic E-state index is 13.3. The van der Waals surface area contributed by atoms with Crippen LogP contribution in [0.25, 0.3) is 33.4 Å². The number of aryl methyl sites for hydroxylation is 1. The van der Waals surface area contributed by atoms with Gasteiger partial charge in [0.25, 0.3) is 5.91 Å². The van der Waals surface area contributed by atoms with Crippen LogP contribution in [0.4, 0.5) is 0 Å². The maximum Gasteiger partial charge on any atom is 0.253 e. The maximum atomic E-state index is 13.3. The van der Waals surface area contributed by atoms with Gasteiger partial charge in [0.05, 0.1) is 19.2 Å². The second-order valence-electron chi connectivity index (χ2n) is 14.6. The number of aldehydes is 1. The first-order valence-corrected chi connectivity index (χ1v) is 19.6. The van der Waals surface area contributed by atoms with Crippen molar-refractivity contribution < 1.29 is 33.0 Å². The van der Waals surface area contributed by atoms with Crippen LogP contribution in [0.3, 0.4) is 0 Å². The minimum atomic E-state index is -0.673. The summed E-state index contributed by atoms with van der Waals surface area (Å²) in [5.74, 6) is 1.98. The first-order chi connectivity index (χ1) is 27.7. The molecule has 0 aromatic heterocycles. The Hall–Kier alpha value is -6.33. The largest absolute Gasteiger partial charge is 0.497 e. The summed E-state index contributed by atoms with van der Waals surface area (Å²) in [6.07, 6.45) is 2.67. The number of hydrogen-bond donors (Lipinski definition) is 1. The van der Waals surface area contributed by atoms with E-state index in [0.717, 1.165) is 69.2 Å². The Bertz CT molecular complexity index is 2610. The fourth-order valence-electron chi connectivity index (χ4n) is 7.81. The molecule has 3 aliphatic heterocycles. The number of β-lactam (4-membered cyclic amide) rings is 1. The predicted molar refractivity (Wildman–Crippen MR) is 217 cm³/mol. The molecule has 5 aliphatic rings. The lowest BCUT2D eigenvalue weighted by molar-refractivity contribution is -0.146. The van der Waals surface area contributed by atoms with Gasteiger partial charge in [0.2, 0.25) is 5.91 Å². The van der Waals surface area contributed by atoms with E-state index in [4.69, 9.17) is 18.6 Å². The number of nitrogens with one attached hydrogen (secondary N) is 1. The molecule has 4 aromatic carbocycles. The Morgan fingerprint density at radius 2 is 1.60 bits per heavy atom. The smallest absolute Gasteiger partial charge is 0.253 e. The number of fused-ring (bicyclic) bond motifs is 3. The van der Waals surface area contributed by atoms with Gasteiger partial charge in [-0.25, -0.2) is 0 Å². The fourth-order valence-corrected chi connectivity index (χ4v) is 9.55. The molecule has 11 heteroatoms. The normalized spacial score (nSPS) is 17.9. The summed E-state index contributed by atoms with van der Waals surface area (Å²) in [5, 5.41) is 3.46. The molecule has 0 radical (unpaired) electrons. The molecule has 57 heavy (non-hydrogen) atoms. The summed E-state index contributed by atoms with van der Waals surface area (Å²) in [6.45, 7) is 2.49. The first-order valence-electron chi connectivity index (χ1n) is 18.8. The third-order valence-electron chi connectivity index (χ3n) is 10.9. The van der Waals surface area contributed by atoms with E-state index in [9.17, 15) is 19.2 Å². The number of benzene rings is 5. The van der Waals surface area contributed by atoms with E-state index in [2.05, 4.69) is 5.32 Å². The van der Waals surface area contributed by atoms with Crippen molar-refractivity contribution in [2.45, 2.75) is 49.0 Å². The monoisotopic (exact) mass is 778 g/mol. The highest BCUT2D eigenvalue weighted by molar-refractivity contribution is 8.02. The van der Waals surface area contributed by atoms with Crippen molar-refractivity contribution in [2.24, 2.45) is 0 Å². The highest BCUT2D eigenvalue weighted by Gasteiger charge is 2.62. The number of carbonyl (C=O) groups is 3. The lowest BCUT2D eigenvalue weighted by Crippen LogP contribution is -2.71. The molecule has 1 unspecified atom stereocenters. The zero-order chi connectivity index (χ0) is 39.3. The third kappa shape index (κ3) is 6.82. The highest BCUT2D eigenvalue weighted by Crippen LogP contribution is 2.62. The molecule has 1 saturated heterocycles. The van der Waals surface area contributed by atoms with Crippen LogP contribution in [0.2, 0.25) is 0 Å². The Labute approximate surface area is 332 Å². The van der Waals surface area contributed by atoms with Gasteiger partial charge in [-0.05, 0) is 90.6 Å². The minimum absolute atomic E-state index is 0.136. The molecule has 0 bridgehead atoms. The van der Waals surface area contributed by atoms with Gasteiger partial charge in [0, 0.05) is 39.0 Å². The second kappa shape index (κ2) is 14.6. The summed E-state index contributed by atoms with van der Waals surface area (Å²) in [6, 6.07) is 32.8. The summed E-state index contributed by atoms with van der Waals surface area (Å²) in [5.41, 5.74) is 7.23. The van der Waals surface area contributed by atoms with E-state index in [-0.39, 0.29) is 47.0 Å². The van der Waals surface area contributed by atoms with Crippen molar-refractivity contribution in [3.8, 4) is 39.7 Å². The summed E-state index contributed by atoms with van der Waals surface area (Å²) < 4.78 is 23.8. The van der Waals surface area contributed by atoms with E-state index in [1.165, 1.54) is 11.0 Å². The topological polar surface area (TPSA) is 124 Å². The average Bonchev–Trinajstić information content (AvgIpc) is 4.00. The van der Waals surface area contributed by atoms with Crippen LogP contribution >= 0.6 is 11.8 Å². The Kier molecular flexibility index (Phi) is 9.32. The third-order valence-corrected chi connectivity index (χ3v) is 12.8. The Morgan fingerprint density at radius 1 is 0.860 bits per heavy atom. The van der Waals surface area contributed by atoms with Crippen LogP contribution in [0.15, 0.2) is 130 Å². The molecule has 2 amide bonds. The van der Waals surface area contributed by atoms with Crippen molar-refractivity contribution >= 4 is 40.8 Å². The molecule has 2 aliphatic carbocycles. The number of carbonyl (C=O) groups excluding carboxylic acids is 3. The van der Waals surface area contributed by atoms with E-state index >= 15 is 0 Å². The number of methoxy groups -OCH3 is 1. The van der Waals surface area contributed by atoms with E-state index in [1.54, 1.807) is 24.9 Å². The average molecular weight is 779 g/mol. The molecule has 286 valence electrons. The molecule has 4 aromatic rings. The fraction of sp³-hybridized carbons (Fsp3) is 0.217. The molecule has 2 atom stereocenters. The number of ether oxygens (including phenoxy) is 3. The SMILES string of the molecule is COc1ccc(-c2c3ccc(=O)cc-3oc3cc(OCc4ccc(OCC5=C(C=O)N6C(=O)[C@@H](NC(=O)Cc7ccccc7)C6SC56CC6)cc4)ccc23)c(C)c1. The van der Waals surface area contributed by atoms with Crippen LogP contribution in [0, 0.1) is 6.92 Å². The molecule has 10 nitrogen and oxygen atoms in total. The number of allylic oxidation sites excluding steroid dienone is 1. The van der Waals surface area contributed by atoms with Crippen LogP contribution in [-0.4, -0.2) is 52.9 Å². The van der Waals surface area contributed by atoms with Gasteiger partial charge in [0.1, 0.15) is 53.2 Å². The number of rotatable bonds is 12. The van der Waals surface area contributed by atoms with Gasteiger partial charge >= 0.3 is 0 Å². The van der Waals surface area contributed by atoms with Crippen molar-refractivity contribution in [3.05, 3.63) is 147 Å². The van der Waals surface area contributed by atoms with Crippen molar-refractivity contribution in [2.75, 3.05) is 13.7 Å².